The van der Waals surface area contributed by atoms with Crippen molar-refractivity contribution >= 4 is 27.7 Å². The summed E-state index contributed by atoms with van der Waals surface area (Å²) in [6.45, 7) is 5.33. The van der Waals surface area contributed by atoms with Gasteiger partial charge in [-0.15, -0.1) is 0 Å². The number of rotatable bonds is 5. The third kappa shape index (κ3) is 6.17. The molecule has 0 aliphatic heterocycles. The maximum Gasteiger partial charge on any atom is 0.248 e. The first kappa shape index (κ1) is 18.9. The lowest BCUT2D eigenvalue weighted by Crippen LogP contribution is -2.40. The summed E-state index contributed by atoms with van der Waals surface area (Å²) in [6.07, 6.45) is 3.14. The van der Waals surface area contributed by atoms with E-state index in [9.17, 15) is 13.2 Å². The number of benzene rings is 2. The average Bonchev–Trinajstić information content (AvgIpc) is 2.52. The minimum atomic E-state index is -3.59. The van der Waals surface area contributed by atoms with Crippen LogP contribution in [0.3, 0.4) is 0 Å². The summed E-state index contributed by atoms with van der Waals surface area (Å²) < 4.78 is 27.0. The number of carbonyl (C=O) groups excluding carboxylic acids is 1. The van der Waals surface area contributed by atoms with Gasteiger partial charge in [0.25, 0.3) is 0 Å². The van der Waals surface area contributed by atoms with Crippen LogP contribution in [0.1, 0.15) is 26.3 Å². The molecule has 2 aromatic rings. The summed E-state index contributed by atoms with van der Waals surface area (Å²) in [5.74, 6) is -0.285. The molecule has 2 N–H and O–H groups in total. The van der Waals surface area contributed by atoms with Crippen molar-refractivity contribution in [2.24, 2.45) is 0 Å². The molecule has 25 heavy (non-hydrogen) atoms. The first-order valence-electron chi connectivity index (χ1n) is 7.84. The highest BCUT2D eigenvalue weighted by molar-refractivity contribution is 7.89. The molecule has 0 fully saturated rings. The van der Waals surface area contributed by atoms with Crippen molar-refractivity contribution in [3.05, 3.63) is 66.2 Å². The summed E-state index contributed by atoms with van der Waals surface area (Å²) in [5, 5.41) is 2.70. The zero-order chi connectivity index (χ0) is 18.5. The van der Waals surface area contributed by atoms with Crippen molar-refractivity contribution in [2.75, 3.05) is 5.32 Å². The van der Waals surface area contributed by atoms with Gasteiger partial charge in [0.05, 0.1) is 4.90 Å². The summed E-state index contributed by atoms with van der Waals surface area (Å²) in [5.41, 5.74) is 0.887. The molecule has 0 spiro atoms. The van der Waals surface area contributed by atoms with E-state index < -0.39 is 15.6 Å². The molecule has 2 aromatic carbocycles. The fourth-order valence-corrected chi connectivity index (χ4v) is 3.52. The number of hydrogen-bond donors (Lipinski definition) is 2. The predicted molar refractivity (Wildman–Crippen MR) is 101 cm³/mol. The van der Waals surface area contributed by atoms with Crippen molar-refractivity contribution in [3.63, 3.8) is 0 Å². The Morgan fingerprint density at radius 2 is 1.56 bits per heavy atom. The number of hydrogen-bond acceptors (Lipinski definition) is 3. The molecular weight excluding hydrogens is 336 g/mol. The first-order valence-corrected chi connectivity index (χ1v) is 9.32. The Morgan fingerprint density at radius 3 is 2.12 bits per heavy atom. The molecule has 5 nitrogen and oxygen atoms in total. The smallest absolute Gasteiger partial charge is 0.248 e. The molecule has 0 aromatic heterocycles. The highest BCUT2D eigenvalue weighted by Crippen LogP contribution is 2.16. The lowest BCUT2D eigenvalue weighted by molar-refractivity contribution is -0.111. The molecule has 0 aliphatic carbocycles. The molecule has 132 valence electrons. The number of anilines is 1. The van der Waals surface area contributed by atoms with Gasteiger partial charge in [-0.05, 0) is 56.7 Å². The van der Waals surface area contributed by atoms with E-state index in [-0.39, 0.29) is 10.8 Å². The van der Waals surface area contributed by atoms with Crippen LogP contribution in [-0.4, -0.2) is 19.9 Å². The molecule has 0 heterocycles. The van der Waals surface area contributed by atoms with Crippen LogP contribution in [-0.2, 0) is 14.8 Å². The van der Waals surface area contributed by atoms with Gasteiger partial charge < -0.3 is 5.32 Å². The molecular formula is C19H22N2O3S. The van der Waals surface area contributed by atoms with Crippen LogP contribution < -0.4 is 10.0 Å². The Morgan fingerprint density at radius 1 is 0.960 bits per heavy atom. The molecule has 2 rings (SSSR count). The van der Waals surface area contributed by atoms with Crippen molar-refractivity contribution in [2.45, 2.75) is 31.2 Å². The van der Waals surface area contributed by atoms with E-state index in [4.69, 9.17) is 0 Å². The molecule has 1 amide bonds. The van der Waals surface area contributed by atoms with Crippen LogP contribution in [0, 0.1) is 0 Å². The quantitative estimate of drug-likeness (QED) is 0.804. The standard InChI is InChI=1S/C19H22N2O3S/c1-19(2,3)21-25(23,24)17-12-10-16(11-13-17)20-18(22)14-9-15-7-5-4-6-8-15/h4-14,21H,1-3H3,(H,20,22)/b14-9+. The summed E-state index contributed by atoms with van der Waals surface area (Å²) >= 11 is 0. The fraction of sp³-hybridized carbons (Fsp3) is 0.211. The third-order valence-electron chi connectivity index (χ3n) is 3.10. The molecule has 0 saturated heterocycles. The van der Waals surface area contributed by atoms with E-state index >= 15 is 0 Å². The summed E-state index contributed by atoms with van der Waals surface area (Å²) in [4.78, 5) is 12.1. The van der Waals surface area contributed by atoms with Crippen molar-refractivity contribution in [1.82, 2.24) is 4.72 Å². The van der Waals surface area contributed by atoms with Gasteiger partial charge in [-0.25, -0.2) is 13.1 Å². The Hall–Kier alpha value is -2.44. The largest absolute Gasteiger partial charge is 0.323 e. The van der Waals surface area contributed by atoms with Gasteiger partial charge in [-0.3, -0.25) is 4.79 Å². The van der Waals surface area contributed by atoms with Crippen LogP contribution in [0.2, 0.25) is 0 Å². The van der Waals surface area contributed by atoms with Gasteiger partial charge in [0.2, 0.25) is 15.9 Å². The van der Waals surface area contributed by atoms with E-state index in [2.05, 4.69) is 10.0 Å². The fourth-order valence-electron chi connectivity index (χ4n) is 2.10. The molecule has 6 heteroatoms. The van der Waals surface area contributed by atoms with E-state index in [0.717, 1.165) is 5.56 Å². The number of amides is 1. The zero-order valence-corrected chi connectivity index (χ0v) is 15.3. The topological polar surface area (TPSA) is 75.3 Å². The van der Waals surface area contributed by atoms with E-state index in [0.29, 0.717) is 5.69 Å². The first-order chi connectivity index (χ1) is 11.7. The SMILES string of the molecule is CC(C)(C)NS(=O)(=O)c1ccc(NC(=O)/C=C/c2ccccc2)cc1. The monoisotopic (exact) mass is 358 g/mol. The number of sulfonamides is 1. The van der Waals surface area contributed by atoms with Crippen LogP contribution in [0.4, 0.5) is 5.69 Å². The average molecular weight is 358 g/mol. The van der Waals surface area contributed by atoms with Crippen LogP contribution in [0.15, 0.2) is 65.6 Å². The molecule has 0 aliphatic rings. The molecule has 0 radical (unpaired) electrons. The number of nitrogens with one attached hydrogen (secondary N) is 2. The van der Waals surface area contributed by atoms with Crippen LogP contribution in [0.25, 0.3) is 6.08 Å². The Kier molecular flexibility index (Phi) is 5.77. The van der Waals surface area contributed by atoms with Gasteiger partial charge in [0.1, 0.15) is 0 Å². The number of carbonyl (C=O) groups is 1. The molecule has 0 saturated carbocycles. The van der Waals surface area contributed by atoms with Gasteiger partial charge in [-0.2, -0.15) is 0 Å². The Balaban J connectivity index is 2.03. The summed E-state index contributed by atoms with van der Waals surface area (Å²) in [6, 6.07) is 15.5. The lowest BCUT2D eigenvalue weighted by Gasteiger charge is -2.20. The Labute approximate surface area is 148 Å². The highest BCUT2D eigenvalue weighted by atomic mass is 32.2. The van der Waals surface area contributed by atoms with Gasteiger partial charge in [-0.1, -0.05) is 30.3 Å². The zero-order valence-electron chi connectivity index (χ0n) is 14.5. The highest BCUT2D eigenvalue weighted by Gasteiger charge is 2.21. The van der Waals surface area contributed by atoms with Gasteiger partial charge in [0.15, 0.2) is 0 Å². The summed E-state index contributed by atoms with van der Waals surface area (Å²) in [7, 11) is -3.59. The van der Waals surface area contributed by atoms with Crippen molar-refractivity contribution in [3.8, 4) is 0 Å². The van der Waals surface area contributed by atoms with Crippen LogP contribution >= 0.6 is 0 Å². The normalized spacial score (nSPS) is 12.3. The van der Waals surface area contributed by atoms with Crippen molar-refractivity contribution < 1.29 is 13.2 Å². The molecule has 0 unspecified atom stereocenters. The second kappa shape index (κ2) is 7.63. The minimum Gasteiger partial charge on any atom is -0.323 e. The minimum absolute atomic E-state index is 0.153. The van der Waals surface area contributed by atoms with E-state index in [1.54, 1.807) is 39.0 Å². The van der Waals surface area contributed by atoms with Gasteiger partial charge in [0, 0.05) is 17.3 Å². The van der Waals surface area contributed by atoms with E-state index in [1.807, 2.05) is 30.3 Å². The molecule has 0 bridgehead atoms. The predicted octanol–water partition coefficient (Wildman–Crippen LogP) is 3.42. The maximum atomic E-state index is 12.2. The second-order valence-electron chi connectivity index (χ2n) is 6.61. The Bertz CT molecular complexity index is 850. The van der Waals surface area contributed by atoms with E-state index in [1.165, 1.54) is 18.2 Å². The van der Waals surface area contributed by atoms with Gasteiger partial charge >= 0.3 is 0 Å². The lowest BCUT2D eigenvalue weighted by atomic mass is 10.1. The maximum absolute atomic E-state index is 12.2. The van der Waals surface area contributed by atoms with Crippen LogP contribution in [0.5, 0.6) is 0 Å². The van der Waals surface area contributed by atoms with Crippen molar-refractivity contribution in [1.29, 1.82) is 0 Å². The second-order valence-corrected chi connectivity index (χ2v) is 8.30. The molecule has 0 atom stereocenters. The third-order valence-corrected chi connectivity index (χ3v) is 4.87.